The van der Waals surface area contributed by atoms with Gasteiger partial charge in [0.15, 0.2) is 0 Å². The molecule has 0 aromatic heterocycles. The SMILES string of the molecule is COc1ccc(OC)c(CCNC(=O)c2cc(N3C(=O)C(C)CS3(=O)=O)ccc2Cl)c1. The number of methoxy groups -OCH3 is 2. The molecule has 1 aliphatic rings. The van der Waals surface area contributed by atoms with Gasteiger partial charge in [-0.25, -0.2) is 12.7 Å². The minimum Gasteiger partial charge on any atom is -0.497 e. The van der Waals surface area contributed by atoms with Crippen LogP contribution >= 0.6 is 11.6 Å². The van der Waals surface area contributed by atoms with Gasteiger partial charge in [-0.3, -0.25) is 9.59 Å². The number of rotatable bonds is 7. The summed E-state index contributed by atoms with van der Waals surface area (Å²) in [5.74, 6) is -0.579. The van der Waals surface area contributed by atoms with Crippen molar-refractivity contribution in [3.8, 4) is 11.5 Å². The lowest BCUT2D eigenvalue weighted by Crippen LogP contribution is -2.31. The lowest BCUT2D eigenvalue weighted by Gasteiger charge is -2.17. The average Bonchev–Trinajstić information content (AvgIpc) is 2.94. The van der Waals surface area contributed by atoms with E-state index in [0.29, 0.717) is 17.9 Å². The van der Waals surface area contributed by atoms with Crippen LogP contribution in [0.25, 0.3) is 0 Å². The van der Waals surface area contributed by atoms with Gasteiger partial charge in [-0.15, -0.1) is 0 Å². The van der Waals surface area contributed by atoms with E-state index in [1.165, 1.54) is 18.2 Å². The zero-order chi connectivity index (χ0) is 22.8. The maximum atomic E-state index is 12.7. The number of amides is 2. The van der Waals surface area contributed by atoms with Crippen molar-refractivity contribution in [1.29, 1.82) is 0 Å². The van der Waals surface area contributed by atoms with Crippen molar-refractivity contribution in [3.63, 3.8) is 0 Å². The van der Waals surface area contributed by atoms with E-state index < -0.39 is 27.8 Å². The van der Waals surface area contributed by atoms with E-state index in [2.05, 4.69) is 5.32 Å². The average molecular weight is 467 g/mol. The first-order chi connectivity index (χ1) is 14.7. The highest BCUT2D eigenvalue weighted by Gasteiger charge is 2.42. The maximum Gasteiger partial charge on any atom is 0.252 e. The summed E-state index contributed by atoms with van der Waals surface area (Å²) in [6.07, 6.45) is 0.472. The third-order valence-corrected chi connectivity index (χ3v) is 7.15. The van der Waals surface area contributed by atoms with Crippen molar-refractivity contribution < 1.29 is 27.5 Å². The minimum absolute atomic E-state index is 0.0827. The first-order valence-electron chi connectivity index (χ1n) is 9.53. The summed E-state index contributed by atoms with van der Waals surface area (Å²) in [5.41, 5.74) is 1.03. The Morgan fingerprint density at radius 3 is 2.55 bits per heavy atom. The molecule has 31 heavy (non-hydrogen) atoms. The molecule has 2 aromatic carbocycles. The van der Waals surface area contributed by atoms with E-state index >= 15 is 0 Å². The number of halogens is 1. The molecule has 166 valence electrons. The molecule has 0 aliphatic carbocycles. The first kappa shape index (κ1) is 22.9. The molecule has 0 radical (unpaired) electrons. The van der Waals surface area contributed by atoms with Gasteiger partial charge in [0.2, 0.25) is 15.9 Å². The smallest absolute Gasteiger partial charge is 0.252 e. The topological polar surface area (TPSA) is 102 Å². The second-order valence-corrected chi connectivity index (χ2v) is 9.40. The zero-order valence-electron chi connectivity index (χ0n) is 17.3. The molecule has 0 bridgehead atoms. The largest absolute Gasteiger partial charge is 0.497 e. The minimum atomic E-state index is -3.78. The fourth-order valence-electron chi connectivity index (χ4n) is 3.38. The molecule has 1 heterocycles. The van der Waals surface area contributed by atoms with Crippen molar-refractivity contribution in [1.82, 2.24) is 5.32 Å². The van der Waals surface area contributed by atoms with Crippen molar-refractivity contribution in [2.45, 2.75) is 13.3 Å². The van der Waals surface area contributed by atoms with Crippen molar-refractivity contribution in [3.05, 3.63) is 52.5 Å². The predicted molar refractivity (Wildman–Crippen MR) is 117 cm³/mol. The molecule has 0 saturated carbocycles. The first-order valence-corrected chi connectivity index (χ1v) is 11.5. The van der Waals surface area contributed by atoms with Crippen LogP contribution in [0.1, 0.15) is 22.8 Å². The second kappa shape index (κ2) is 9.15. The number of carbonyl (C=O) groups is 2. The van der Waals surface area contributed by atoms with Crippen LogP contribution in [0.2, 0.25) is 5.02 Å². The quantitative estimate of drug-likeness (QED) is 0.673. The standard InChI is InChI=1S/C21H23ClN2O6S/c1-13-12-31(27,28)24(21(13)26)15-4-6-18(22)17(11-15)20(25)23-9-8-14-10-16(29-2)5-7-19(14)30-3/h4-7,10-11,13H,8-9,12H2,1-3H3,(H,23,25). The fourth-order valence-corrected chi connectivity index (χ4v) is 5.40. The van der Waals surface area contributed by atoms with Gasteiger partial charge in [0.25, 0.3) is 5.91 Å². The van der Waals surface area contributed by atoms with Crippen molar-refractivity contribution >= 4 is 39.1 Å². The summed E-state index contributed by atoms with van der Waals surface area (Å²) in [6.45, 7) is 1.83. The molecule has 8 nitrogen and oxygen atoms in total. The lowest BCUT2D eigenvalue weighted by atomic mass is 10.1. The Balaban J connectivity index is 1.76. The lowest BCUT2D eigenvalue weighted by molar-refractivity contribution is -0.119. The Kier molecular flexibility index (Phi) is 6.76. The van der Waals surface area contributed by atoms with Gasteiger partial charge in [-0.1, -0.05) is 18.5 Å². The highest BCUT2D eigenvalue weighted by Crippen LogP contribution is 2.31. The summed E-state index contributed by atoms with van der Waals surface area (Å²) < 4.78 is 36.0. The van der Waals surface area contributed by atoms with E-state index in [4.69, 9.17) is 21.1 Å². The number of nitrogens with zero attached hydrogens (tertiary/aromatic N) is 1. The number of ether oxygens (including phenoxy) is 2. The molecule has 1 fully saturated rings. The Morgan fingerprint density at radius 2 is 1.94 bits per heavy atom. The van der Waals surface area contributed by atoms with E-state index in [1.54, 1.807) is 33.3 Å². The molecule has 1 unspecified atom stereocenters. The van der Waals surface area contributed by atoms with Gasteiger partial charge >= 0.3 is 0 Å². The summed E-state index contributed by atoms with van der Waals surface area (Å²) in [7, 11) is -0.655. The van der Waals surface area contributed by atoms with Gasteiger partial charge in [0.1, 0.15) is 11.5 Å². The van der Waals surface area contributed by atoms with Crippen LogP contribution in [-0.2, 0) is 21.2 Å². The molecule has 1 N–H and O–H groups in total. The van der Waals surface area contributed by atoms with Crippen LogP contribution in [0, 0.1) is 5.92 Å². The normalized spacial score (nSPS) is 17.5. The highest BCUT2D eigenvalue weighted by atomic mass is 35.5. The molecule has 1 atom stereocenters. The van der Waals surface area contributed by atoms with Gasteiger partial charge in [-0.05, 0) is 48.4 Å². The summed E-state index contributed by atoms with van der Waals surface area (Å²) in [5, 5.41) is 2.91. The molecule has 2 amide bonds. The van der Waals surface area contributed by atoms with Crippen LogP contribution in [0.3, 0.4) is 0 Å². The molecule has 0 spiro atoms. The number of hydrogen-bond acceptors (Lipinski definition) is 6. The molecule has 1 aliphatic heterocycles. The van der Waals surface area contributed by atoms with Crippen LogP contribution in [0.4, 0.5) is 5.69 Å². The number of hydrogen-bond donors (Lipinski definition) is 1. The van der Waals surface area contributed by atoms with E-state index in [1.807, 2.05) is 6.07 Å². The molecular formula is C21H23ClN2O6S. The predicted octanol–water partition coefficient (Wildman–Crippen LogP) is 2.64. The third-order valence-electron chi connectivity index (χ3n) is 4.96. The van der Waals surface area contributed by atoms with Gasteiger partial charge in [0.05, 0.1) is 42.2 Å². The number of sulfonamides is 1. The third kappa shape index (κ3) is 4.77. The Hall–Kier alpha value is -2.78. The molecule has 2 aromatic rings. The fraction of sp³-hybridized carbons (Fsp3) is 0.333. The van der Waals surface area contributed by atoms with Crippen LogP contribution < -0.4 is 19.1 Å². The molecule has 1 saturated heterocycles. The van der Waals surface area contributed by atoms with Gasteiger partial charge < -0.3 is 14.8 Å². The summed E-state index contributed by atoms with van der Waals surface area (Å²) >= 11 is 6.17. The zero-order valence-corrected chi connectivity index (χ0v) is 18.9. The van der Waals surface area contributed by atoms with Gasteiger partial charge in [-0.2, -0.15) is 0 Å². The number of nitrogens with one attached hydrogen (secondary N) is 1. The van der Waals surface area contributed by atoms with Crippen LogP contribution in [-0.4, -0.2) is 46.7 Å². The van der Waals surface area contributed by atoms with Crippen LogP contribution in [0.5, 0.6) is 11.5 Å². The summed E-state index contributed by atoms with van der Waals surface area (Å²) in [4.78, 5) is 25.0. The van der Waals surface area contributed by atoms with E-state index in [0.717, 1.165) is 9.87 Å². The monoisotopic (exact) mass is 466 g/mol. The number of carbonyl (C=O) groups excluding carboxylic acids is 2. The maximum absolute atomic E-state index is 12.7. The van der Waals surface area contributed by atoms with Gasteiger partial charge in [0, 0.05) is 6.54 Å². The van der Waals surface area contributed by atoms with Crippen molar-refractivity contribution in [2.24, 2.45) is 5.92 Å². The molecule has 10 heteroatoms. The highest BCUT2D eigenvalue weighted by molar-refractivity contribution is 7.94. The molecular weight excluding hydrogens is 444 g/mol. The molecule has 3 rings (SSSR count). The van der Waals surface area contributed by atoms with E-state index in [9.17, 15) is 18.0 Å². The Bertz CT molecular complexity index is 1120. The van der Waals surface area contributed by atoms with Crippen molar-refractivity contribution in [2.75, 3.05) is 30.8 Å². The Labute approximate surface area is 186 Å². The summed E-state index contributed by atoms with van der Waals surface area (Å²) in [6, 6.07) is 9.52. The van der Waals surface area contributed by atoms with E-state index in [-0.39, 0.29) is 28.6 Å². The number of benzene rings is 2. The second-order valence-electron chi connectivity index (χ2n) is 7.13. The Morgan fingerprint density at radius 1 is 1.19 bits per heavy atom. The number of anilines is 1. The van der Waals surface area contributed by atoms with Crippen LogP contribution in [0.15, 0.2) is 36.4 Å².